The van der Waals surface area contributed by atoms with Crippen molar-refractivity contribution < 1.29 is 9.47 Å². The molecule has 0 saturated heterocycles. The molecule has 110 valence electrons. The quantitative estimate of drug-likeness (QED) is 0.907. The van der Waals surface area contributed by atoms with Gasteiger partial charge in [0.2, 0.25) is 0 Å². The maximum absolute atomic E-state index is 6.15. The number of ether oxygens (including phenoxy) is 2. The molecule has 3 rings (SSSR count). The van der Waals surface area contributed by atoms with Crippen LogP contribution in [0.3, 0.4) is 0 Å². The van der Waals surface area contributed by atoms with Crippen LogP contribution in [-0.4, -0.2) is 12.6 Å². The maximum atomic E-state index is 6.15. The minimum absolute atomic E-state index is 0.478. The summed E-state index contributed by atoms with van der Waals surface area (Å²) in [4.78, 5) is 0. The standard InChI is InChI=1S/C18H21NO2/c1-13(2)19-12-11-16-14-7-3-4-8-15(14)20-17-9-5-6-10-18(17)21-16/h3-6,8-10,13,19H,7,11-12H2,1-2H3. The molecule has 1 N–H and O–H groups in total. The summed E-state index contributed by atoms with van der Waals surface area (Å²) in [5.41, 5.74) is 1.15. The third kappa shape index (κ3) is 3.19. The van der Waals surface area contributed by atoms with Crippen molar-refractivity contribution in [2.45, 2.75) is 32.7 Å². The van der Waals surface area contributed by atoms with Crippen molar-refractivity contribution in [1.82, 2.24) is 5.32 Å². The van der Waals surface area contributed by atoms with Crippen molar-refractivity contribution in [2.75, 3.05) is 6.54 Å². The summed E-state index contributed by atoms with van der Waals surface area (Å²) in [5, 5.41) is 3.44. The Labute approximate surface area is 126 Å². The van der Waals surface area contributed by atoms with Gasteiger partial charge < -0.3 is 14.8 Å². The zero-order chi connectivity index (χ0) is 14.7. The molecular formula is C18H21NO2. The normalized spacial score (nSPS) is 16.6. The third-order valence-electron chi connectivity index (χ3n) is 3.55. The number of rotatable bonds is 4. The second-order valence-corrected chi connectivity index (χ2v) is 5.57. The summed E-state index contributed by atoms with van der Waals surface area (Å²) >= 11 is 0. The van der Waals surface area contributed by atoms with Crippen LogP contribution in [0.1, 0.15) is 26.7 Å². The first-order chi connectivity index (χ1) is 10.2. The molecule has 0 saturated carbocycles. The zero-order valence-electron chi connectivity index (χ0n) is 12.6. The van der Waals surface area contributed by atoms with Crippen molar-refractivity contribution in [2.24, 2.45) is 0 Å². The molecule has 3 nitrogen and oxygen atoms in total. The molecule has 1 aliphatic carbocycles. The van der Waals surface area contributed by atoms with E-state index < -0.39 is 0 Å². The minimum atomic E-state index is 0.478. The van der Waals surface area contributed by atoms with E-state index in [1.807, 2.05) is 36.4 Å². The Kier molecular flexibility index (Phi) is 4.11. The Morgan fingerprint density at radius 1 is 1.14 bits per heavy atom. The average Bonchev–Trinajstić information content (AvgIpc) is 2.63. The number of fused-ring (bicyclic) bond motifs is 2. The minimum Gasteiger partial charge on any atom is -0.457 e. The lowest BCUT2D eigenvalue weighted by molar-refractivity contribution is 0.382. The summed E-state index contributed by atoms with van der Waals surface area (Å²) in [7, 11) is 0. The van der Waals surface area contributed by atoms with Crippen LogP contribution in [0.25, 0.3) is 0 Å². The molecule has 0 atom stereocenters. The van der Waals surface area contributed by atoms with E-state index in [-0.39, 0.29) is 0 Å². The van der Waals surface area contributed by atoms with Gasteiger partial charge in [-0.05, 0) is 24.6 Å². The highest BCUT2D eigenvalue weighted by Gasteiger charge is 2.22. The zero-order valence-corrected chi connectivity index (χ0v) is 12.6. The Balaban J connectivity index is 1.89. The SMILES string of the molecule is CC(C)NCCC1=C2CC=CC=C2Oc2ccccc2O1. The fraction of sp³-hybridized carbons (Fsp3) is 0.333. The predicted octanol–water partition coefficient (Wildman–Crippen LogP) is 3.94. The van der Waals surface area contributed by atoms with E-state index in [0.717, 1.165) is 48.0 Å². The van der Waals surface area contributed by atoms with Gasteiger partial charge in [0, 0.05) is 24.6 Å². The average molecular weight is 283 g/mol. The van der Waals surface area contributed by atoms with Crippen LogP contribution >= 0.6 is 0 Å². The molecule has 0 bridgehead atoms. The van der Waals surface area contributed by atoms with Crippen molar-refractivity contribution >= 4 is 0 Å². The van der Waals surface area contributed by atoms with Crippen LogP contribution in [0.15, 0.2) is 59.6 Å². The van der Waals surface area contributed by atoms with Crippen molar-refractivity contribution in [3.63, 3.8) is 0 Å². The molecule has 2 aliphatic rings. The van der Waals surface area contributed by atoms with Gasteiger partial charge >= 0.3 is 0 Å². The van der Waals surface area contributed by atoms with Gasteiger partial charge in [-0.1, -0.05) is 38.1 Å². The molecule has 0 aromatic heterocycles. The topological polar surface area (TPSA) is 30.5 Å². The predicted molar refractivity (Wildman–Crippen MR) is 84.3 cm³/mol. The fourth-order valence-corrected chi connectivity index (χ4v) is 2.50. The van der Waals surface area contributed by atoms with E-state index in [1.54, 1.807) is 0 Å². The third-order valence-corrected chi connectivity index (χ3v) is 3.55. The molecular weight excluding hydrogens is 262 g/mol. The van der Waals surface area contributed by atoms with Gasteiger partial charge in [-0.15, -0.1) is 0 Å². The van der Waals surface area contributed by atoms with Crippen LogP contribution in [0, 0.1) is 0 Å². The summed E-state index contributed by atoms with van der Waals surface area (Å²) < 4.78 is 12.2. The Morgan fingerprint density at radius 3 is 2.67 bits per heavy atom. The number of benzene rings is 1. The summed E-state index contributed by atoms with van der Waals surface area (Å²) in [6.07, 6.45) is 7.90. The highest BCUT2D eigenvalue weighted by atomic mass is 16.5. The first kappa shape index (κ1) is 14.0. The largest absolute Gasteiger partial charge is 0.457 e. The van der Waals surface area contributed by atoms with Gasteiger partial charge in [0.15, 0.2) is 11.5 Å². The molecule has 21 heavy (non-hydrogen) atoms. The van der Waals surface area contributed by atoms with E-state index in [4.69, 9.17) is 9.47 Å². The van der Waals surface area contributed by atoms with Gasteiger partial charge in [0.1, 0.15) is 11.5 Å². The highest BCUT2D eigenvalue weighted by Crippen LogP contribution is 2.38. The molecule has 1 heterocycles. The van der Waals surface area contributed by atoms with Crippen molar-refractivity contribution in [3.05, 3.63) is 59.6 Å². The van der Waals surface area contributed by atoms with Crippen molar-refractivity contribution in [3.8, 4) is 11.5 Å². The van der Waals surface area contributed by atoms with Gasteiger partial charge in [0.25, 0.3) is 0 Å². The Morgan fingerprint density at radius 2 is 1.90 bits per heavy atom. The number of hydrogen-bond acceptors (Lipinski definition) is 3. The number of nitrogens with one attached hydrogen (secondary N) is 1. The Bertz CT molecular complexity index is 611. The van der Waals surface area contributed by atoms with Crippen LogP contribution in [0.4, 0.5) is 0 Å². The lowest BCUT2D eigenvalue weighted by Crippen LogP contribution is -2.24. The van der Waals surface area contributed by atoms with Gasteiger partial charge in [-0.3, -0.25) is 0 Å². The smallest absolute Gasteiger partial charge is 0.169 e. The molecule has 1 aromatic rings. The van der Waals surface area contributed by atoms with Crippen LogP contribution in [-0.2, 0) is 0 Å². The molecule has 0 radical (unpaired) electrons. The van der Waals surface area contributed by atoms with E-state index in [9.17, 15) is 0 Å². The molecule has 0 fully saturated rings. The fourth-order valence-electron chi connectivity index (χ4n) is 2.50. The summed E-state index contributed by atoms with van der Waals surface area (Å²) in [6, 6.07) is 8.31. The first-order valence-corrected chi connectivity index (χ1v) is 7.51. The van der Waals surface area contributed by atoms with E-state index >= 15 is 0 Å². The van der Waals surface area contributed by atoms with E-state index in [2.05, 4.69) is 25.2 Å². The van der Waals surface area contributed by atoms with Crippen LogP contribution < -0.4 is 14.8 Å². The molecule has 1 aliphatic heterocycles. The summed E-state index contributed by atoms with van der Waals surface area (Å²) in [6.45, 7) is 5.20. The van der Waals surface area contributed by atoms with Gasteiger partial charge in [-0.25, -0.2) is 0 Å². The molecule has 0 amide bonds. The van der Waals surface area contributed by atoms with E-state index in [1.165, 1.54) is 0 Å². The molecule has 1 aromatic carbocycles. The van der Waals surface area contributed by atoms with Gasteiger partial charge in [-0.2, -0.15) is 0 Å². The van der Waals surface area contributed by atoms with Crippen molar-refractivity contribution in [1.29, 1.82) is 0 Å². The maximum Gasteiger partial charge on any atom is 0.169 e. The van der Waals surface area contributed by atoms with Crippen LogP contribution in [0.2, 0.25) is 0 Å². The molecule has 0 spiro atoms. The highest BCUT2D eigenvalue weighted by molar-refractivity contribution is 5.49. The second kappa shape index (κ2) is 6.19. The molecule has 3 heteroatoms. The number of allylic oxidation sites excluding steroid dienone is 4. The van der Waals surface area contributed by atoms with Gasteiger partial charge in [0.05, 0.1) is 0 Å². The lowest BCUT2D eigenvalue weighted by Gasteiger charge is -2.15. The summed E-state index contributed by atoms with van der Waals surface area (Å²) in [5.74, 6) is 3.48. The Hall–Kier alpha value is -2.00. The molecule has 0 unspecified atom stereocenters. The number of para-hydroxylation sites is 2. The monoisotopic (exact) mass is 283 g/mol. The van der Waals surface area contributed by atoms with Crippen LogP contribution in [0.5, 0.6) is 11.5 Å². The lowest BCUT2D eigenvalue weighted by atomic mass is 10.0. The first-order valence-electron chi connectivity index (χ1n) is 7.51. The second-order valence-electron chi connectivity index (χ2n) is 5.57. The van der Waals surface area contributed by atoms with E-state index in [0.29, 0.717) is 6.04 Å². The number of hydrogen-bond donors (Lipinski definition) is 1.